The number of hydrogen-bond donors (Lipinski definition) is 2. The standard InChI is InChI=1S/C6H15N3S/c1-9(2)4-3-8-5-6(7)10/h8H,3-5H2,1-2H3,(H2,7,10). The maximum absolute atomic E-state index is 5.26. The van der Waals surface area contributed by atoms with E-state index in [9.17, 15) is 0 Å². The van der Waals surface area contributed by atoms with Crippen LogP contribution in [-0.4, -0.2) is 43.6 Å². The molecule has 0 aliphatic carbocycles. The Bertz CT molecular complexity index is 103. The third-order valence-electron chi connectivity index (χ3n) is 1.04. The van der Waals surface area contributed by atoms with Crippen molar-refractivity contribution in [3.63, 3.8) is 0 Å². The van der Waals surface area contributed by atoms with E-state index in [1.165, 1.54) is 0 Å². The molecule has 0 rings (SSSR count). The van der Waals surface area contributed by atoms with Gasteiger partial charge in [-0.05, 0) is 14.1 Å². The minimum absolute atomic E-state index is 0.527. The zero-order chi connectivity index (χ0) is 7.98. The molecule has 0 aliphatic rings. The second-order valence-electron chi connectivity index (χ2n) is 2.45. The predicted octanol–water partition coefficient (Wildman–Crippen LogP) is -0.576. The molecule has 0 saturated carbocycles. The minimum atomic E-state index is 0.527. The van der Waals surface area contributed by atoms with Crippen LogP contribution in [0.4, 0.5) is 0 Å². The van der Waals surface area contributed by atoms with E-state index < -0.39 is 0 Å². The zero-order valence-corrected chi connectivity index (χ0v) is 7.37. The van der Waals surface area contributed by atoms with Crippen LogP contribution in [-0.2, 0) is 0 Å². The Morgan fingerprint density at radius 3 is 2.60 bits per heavy atom. The fourth-order valence-corrected chi connectivity index (χ4v) is 0.616. The lowest BCUT2D eigenvalue weighted by atomic mass is 10.5. The highest BCUT2D eigenvalue weighted by molar-refractivity contribution is 7.80. The largest absolute Gasteiger partial charge is 0.392 e. The average Bonchev–Trinajstić information content (AvgIpc) is 1.79. The molecule has 0 atom stereocenters. The first-order chi connectivity index (χ1) is 4.63. The van der Waals surface area contributed by atoms with Crippen molar-refractivity contribution in [2.24, 2.45) is 5.73 Å². The molecule has 0 unspecified atom stereocenters. The molecule has 60 valence electrons. The molecular weight excluding hydrogens is 146 g/mol. The van der Waals surface area contributed by atoms with Crippen molar-refractivity contribution in [3.05, 3.63) is 0 Å². The van der Waals surface area contributed by atoms with Gasteiger partial charge in [0.25, 0.3) is 0 Å². The lowest BCUT2D eigenvalue weighted by Crippen LogP contribution is -2.32. The Hall–Kier alpha value is -0.190. The van der Waals surface area contributed by atoms with Crippen LogP contribution in [0.15, 0.2) is 0 Å². The van der Waals surface area contributed by atoms with E-state index >= 15 is 0 Å². The highest BCUT2D eigenvalue weighted by atomic mass is 32.1. The highest BCUT2D eigenvalue weighted by Crippen LogP contribution is 1.70. The lowest BCUT2D eigenvalue weighted by molar-refractivity contribution is 0.405. The molecule has 0 amide bonds. The normalized spacial score (nSPS) is 10.3. The third-order valence-corrected chi connectivity index (χ3v) is 1.18. The van der Waals surface area contributed by atoms with Gasteiger partial charge in [-0.15, -0.1) is 0 Å². The monoisotopic (exact) mass is 161 g/mol. The predicted molar refractivity (Wildman–Crippen MR) is 48.2 cm³/mol. The highest BCUT2D eigenvalue weighted by Gasteiger charge is 1.89. The Kier molecular flexibility index (Phi) is 5.48. The third kappa shape index (κ3) is 7.81. The Morgan fingerprint density at radius 2 is 2.20 bits per heavy atom. The summed E-state index contributed by atoms with van der Waals surface area (Å²) < 4.78 is 0. The number of rotatable bonds is 5. The lowest BCUT2D eigenvalue weighted by Gasteiger charge is -2.09. The summed E-state index contributed by atoms with van der Waals surface area (Å²) in [5.74, 6) is 0. The van der Waals surface area contributed by atoms with Gasteiger partial charge in [0, 0.05) is 19.6 Å². The summed E-state index contributed by atoms with van der Waals surface area (Å²) in [5, 5.41) is 3.11. The van der Waals surface area contributed by atoms with Gasteiger partial charge >= 0.3 is 0 Å². The first-order valence-corrected chi connectivity index (χ1v) is 3.67. The number of nitrogens with zero attached hydrogens (tertiary/aromatic N) is 1. The molecule has 0 fully saturated rings. The second kappa shape index (κ2) is 5.58. The van der Waals surface area contributed by atoms with Crippen LogP contribution >= 0.6 is 12.2 Å². The summed E-state index contributed by atoms with van der Waals surface area (Å²) in [6, 6.07) is 0. The summed E-state index contributed by atoms with van der Waals surface area (Å²) in [6.07, 6.45) is 0. The first-order valence-electron chi connectivity index (χ1n) is 3.26. The van der Waals surface area contributed by atoms with Gasteiger partial charge in [-0.25, -0.2) is 0 Å². The van der Waals surface area contributed by atoms with Gasteiger partial charge in [0.2, 0.25) is 0 Å². The Labute approximate surface area is 67.6 Å². The van der Waals surface area contributed by atoms with Crippen LogP contribution in [0.5, 0.6) is 0 Å². The molecule has 10 heavy (non-hydrogen) atoms. The molecule has 0 radical (unpaired) electrons. The summed E-state index contributed by atoms with van der Waals surface area (Å²) in [5.41, 5.74) is 5.26. The first kappa shape index (κ1) is 9.81. The van der Waals surface area contributed by atoms with E-state index in [1.807, 2.05) is 14.1 Å². The van der Waals surface area contributed by atoms with E-state index in [-0.39, 0.29) is 0 Å². The molecule has 0 aromatic heterocycles. The van der Waals surface area contributed by atoms with Crippen molar-refractivity contribution in [2.75, 3.05) is 33.7 Å². The maximum Gasteiger partial charge on any atom is 0.0867 e. The summed E-state index contributed by atoms with van der Waals surface area (Å²) in [6.45, 7) is 2.59. The van der Waals surface area contributed by atoms with Crippen molar-refractivity contribution >= 4 is 17.2 Å². The number of thiocarbonyl (C=S) groups is 1. The van der Waals surface area contributed by atoms with Gasteiger partial charge in [0.15, 0.2) is 0 Å². The topological polar surface area (TPSA) is 41.3 Å². The van der Waals surface area contributed by atoms with Crippen LogP contribution in [0.1, 0.15) is 0 Å². The number of likely N-dealkylation sites (N-methyl/N-ethyl adjacent to an activating group) is 1. The average molecular weight is 161 g/mol. The smallest absolute Gasteiger partial charge is 0.0867 e. The van der Waals surface area contributed by atoms with E-state index in [1.54, 1.807) is 0 Å². The number of nitrogens with two attached hydrogens (primary N) is 1. The van der Waals surface area contributed by atoms with Crippen LogP contribution in [0.3, 0.4) is 0 Å². The number of nitrogens with one attached hydrogen (secondary N) is 1. The fraction of sp³-hybridized carbons (Fsp3) is 0.833. The molecule has 0 aliphatic heterocycles. The molecule has 0 bridgehead atoms. The molecule has 0 aromatic carbocycles. The maximum atomic E-state index is 5.26. The van der Waals surface area contributed by atoms with Gasteiger partial charge < -0.3 is 16.0 Å². The SMILES string of the molecule is CN(C)CCNCC(N)=S. The Balaban J connectivity index is 2.98. The van der Waals surface area contributed by atoms with Crippen LogP contribution in [0.25, 0.3) is 0 Å². The van der Waals surface area contributed by atoms with Gasteiger partial charge in [0.1, 0.15) is 0 Å². The van der Waals surface area contributed by atoms with Crippen molar-refractivity contribution in [1.82, 2.24) is 10.2 Å². The molecular formula is C6H15N3S. The minimum Gasteiger partial charge on any atom is -0.392 e. The van der Waals surface area contributed by atoms with Crippen LogP contribution in [0, 0.1) is 0 Å². The van der Waals surface area contributed by atoms with E-state index in [0.29, 0.717) is 11.5 Å². The van der Waals surface area contributed by atoms with E-state index in [2.05, 4.69) is 22.4 Å². The van der Waals surface area contributed by atoms with Gasteiger partial charge in [0.05, 0.1) is 4.99 Å². The van der Waals surface area contributed by atoms with E-state index in [4.69, 9.17) is 5.73 Å². The zero-order valence-electron chi connectivity index (χ0n) is 6.55. The quantitative estimate of drug-likeness (QED) is 0.418. The molecule has 0 heterocycles. The molecule has 4 heteroatoms. The van der Waals surface area contributed by atoms with Crippen molar-refractivity contribution in [2.45, 2.75) is 0 Å². The van der Waals surface area contributed by atoms with Crippen molar-refractivity contribution in [3.8, 4) is 0 Å². The van der Waals surface area contributed by atoms with Crippen LogP contribution in [0.2, 0.25) is 0 Å². The number of hydrogen-bond acceptors (Lipinski definition) is 3. The molecule has 0 aromatic rings. The van der Waals surface area contributed by atoms with Gasteiger partial charge in [-0.3, -0.25) is 0 Å². The molecule has 3 nitrogen and oxygen atoms in total. The van der Waals surface area contributed by atoms with Crippen LogP contribution < -0.4 is 11.1 Å². The fourth-order valence-electron chi connectivity index (χ4n) is 0.514. The Morgan fingerprint density at radius 1 is 1.60 bits per heavy atom. The van der Waals surface area contributed by atoms with Crippen molar-refractivity contribution < 1.29 is 0 Å². The molecule has 0 saturated heterocycles. The molecule has 3 N–H and O–H groups in total. The van der Waals surface area contributed by atoms with Gasteiger partial charge in [-0.2, -0.15) is 0 Å². The summed E-state index contributed by atoms with van der Waals surface area (Å²) in [7, 11) is 4.06. The van der Waals surface area contributed by atoms with Crippen molar-refractivity contribution in [1.29, 1.82) is 0 Å². The van der Waals surface area contributed by atoms with Gasteiger partial charge in [-0.1, -0.05) is 12.2 Å². The molecule has 0 spiro atoms. The van der Waals surface area contributed by atoms with E-state index in [0.717, 1.165) is 13.1 Å². The second-order valence-corrected chi connectivity index (χ2v) is 2.97. The summed E-state index contributed by atoms with van der Waals surface area (Å²) in [4.78, 5) is 2.63. The summed E-state index contributed by atoms with van der Waals surface area (Å²) >= 11 is 4.68.